The molecule has 6 nitrogen and oxygen atoms in total. The average Bonchev–Trinajstić information content (AvgIpc) is 2.17. The monoisotopic (exact) mass is 229 g/mol. The summed E-state index contributed by atoms with van der Waals surface area (Å²) in [6.45, 7) is 3.89. The van der Waals surface area contributed by atoms with Crippen LogP contribution in [0.15, 0.2) is 0 Å². The van der Waals surface area contributed by atoms with E-state index in [-0.39, 0.29) is 18.5 Å². The van der Waals surface area contributed by atoms with E-state index >= 15 is 0 Å². The van der Waals surface area contributed by atoms with Crippen LogP contribution in [0.5, 0.6) is 0 Å². The van der Waals surface area contributed by atoms with Crippen molar-refractivity contribution in [2.75, 3.05) is 26.2 Å². The summed E-state index contributed by atoms with van der Waals surface area (Å²) >= 11 is 0. The second-order valence-electron chi connectivity index (χ2n) is 3.91. The summed E-state index contributed by atoms with van der Waals surface area (Å²) in [5.74, 6) is -0.336. The van der Waals surface area contributed by atoms with Gasteiger partial charge in [-0.25, -0.2) is 4.79 Å². The number of carbonyl (C=O) groups is 2. The van der Waals surface area contributed by atoms with Crippen LogP contribution in [0.1, 0.15) is 19.8 Å². The second-order valence-corrected chi connectivity index (χ2v) is 3.91. The van der Waals surface area contributed by atoms with Gasteiger partial charge >= 0.3 is 6.09 Å². The lowest BCUT2D eigenvalue weighted by molar-refractivity contribution is -0.119. The fourth-order valence-electron chi connectivity index (χ4n) is 1.88. The molecular weight excluding hydrogens is 210 g/mol. The highest BCUT2D eigenvalue weighted by atomic mass is 16.5. The molecule has 1 unspecified atom stereocenters. The van der Waals surface area contributed by atoms with Crippen molar-refractivity contribution in [1.29, 1.82) is 0 Å². The summed E-state index contributed by atoms with van der Waals surface area (Å²) in [4.78, 5) is 23.9. The van der Waals surface area contributed by atoms with Gasteiger partial charge < -0.3 is 15.8 Å². The molecule has 1 saturated heterocycles. The number of hydrogen-bond donors (Lipinski definition) is 2. The third-order valence-electron chi connectivity index (χ3n) is 2.48. The largest absolute Gasteiger partial charge is 0.450 e. The van der Waals surface area contributed by atoms with Gasteiger partial charge in [0.1, 0.15) is 0 Å². The number of hydrogen-bond acceptors (Lipinski definition) is 4. The first-order valence-electron chi connectivity index (χ1n) is 5.55. The highest BCUT2D eigenvalue weighted by Crippen LogP contribution is 2.09. The number of piperidine rings is 1. The fraction of sp³-hybridized carbons (Fsp3) is 0.800. The fourth-order valence-corrected chi connectivity index (χ4v) is 1.88. The quantitative estimate of drug-likeness (QED) is 0.692. The zero-order chi connectivity index (χ0) is 12.0. The van der Waals surface area contributed by atoms with Crippen LogP contribution in [-0.4, -0.2) is 49.2 Å². The molecular formula is C10H19N3O3. The molecule has 1 rings (SSSR count). The van der Waals surface area contributed by atoms with Gasteiger partial charge in [0.05, 0.1) is 13.2 Å². The molecule has 0 aromatic heterocycles. The van der Waals surface area contributed by atoms with Crippen LogP contribution < -0.4 is 11.1 Å². The lowest BCUT2D eigenvalue weighted by Crippen LogP contribution is -2.49. The Morgan fingerprint density at radius 3 is 2.94 bits per heavy atom. The summed E-state index contributed by atoms with van der Waals surface area (Å²) in [6, 6.07) is 0.0483. The molecule has 1 fully saturated rings. The topological polar surface area (TPSA) is 84.7 Å². The zero-order valence-corrected chi connectivity index (χ0v) is 9.57. The molecule has 0 aliphatic carbocycles. The maximum Gasteiger partial charge on any atom is 0.407 e. The Morgan fingerprint density at radius 1 is 1.56 bits per heavy atom. The normalized spacial score (nSPS) is 21.4. The summed E-state index contributed by atoms with van der Waals surface area (Å²) in [6.07, 6.45) is 1.46. The first kappa shape index (κ1) is 12.8. The highest BCUT2D eigenvalue weighted by Gasteiger charge is 2.22. The second kappa shape index (κ2) is 6.32. The van der Waals surface area contributed by atoms with Crippen molar-refractivity contribution in [2.24, 2.45) is 5.73 Å². The lowest BCUT2D eigenvalue weighted by Gasteiger charge is -2.31. The van der Waals surface area contributed by atoms with Gasteiger partial charge in [0.25, 0.3) is 0 Å². The van der Waals surface area contributed by atoms with Crippen molar-refractivity contribution in [1.82, 2.24) is 10.2 Å². The number of nitrogens with two attached hydrogens (primary N) is 1. The van der Waals surface area contributed by atoms with E-state index in [0.717, 1.165) is 19.4 Å². The number of primary amides is 1. The van der Waals surface area contributed by atoms with Crippen molar-refractivity contribution >= 4 is 12.0 Å². The highest BCUT2D eigenvalue weighted by molar-refractivity contribution is 5.76. The van der Waals surface area contributed by atoms with Gasteiger partial charge in [0.2, 0.25) is 5.91 Å². The van der Waals surface area contributed by atoms with Crippen molar-refractivity contribution in [2.45, 2.75) is 25.8 Å². The average molecular weight is 229 g/mol. The van der Waals surface area contributed by atoms with Gasteiger partial charge in [0, 0.05) is 12.6 Å². The number of carbonyl (C=O) groups excluding carboxylic acids is 2. The van der Waals surface area contributed by atoms with Crippen LogP contribution in [0, 0.1) is 0 Å². The number of nitrogens with zero attached hydrogens (tertiary/aromatic N) is 1. The number of rotatable bonds is 4. The predicted octanol–water partition coefficient (Wildman–Crippen LogP) is -0.318. The van der Waals surface area contributed by atoms with Crippen LogP contribution in [0.3, 0.4) is 0 Å². The van der Waals surface area contributed by atoms with Crippen LogP contribution in [-0.2, 0) is 9.53 Å². The number of ether oxygens (including phenoxy) is 1. The van der Waals surface area contributed by atoms with Gasteiger partial charge in [-0.3, -0.25) is 9.69 Å². The van der Waals surface area contributed by atoms with Crippen LogP contribution >= 0.6 is 0 Å². The predicted molar refractivity (Wildman–Crippen MR) is 58.8 cm³/mol. The van der Waals surface area contributed by atoms with Gasteiger partial charge in [-0.05, 0) is 26.3 Å². The van der Waals surface area contributed by atoms with E-state index in [2.05, 4.69) is 5.32 Å². The van der Waals surface area contributed by atoms with Crippen LogP contribution in [0.25, 0.3) is 0 Å². The first-order chi connectivity index (χ1) is 7.61. The standard InChI is InChI=1S/C10H19N3O3/c1-2-16-10(15)12-8-4-3-5-13(6-8)7-9(11)14/h8H,2-7H2,1H3,(H2,11,14)(H,12,15). The van der Waals surface area contributed by atoms with Gasteiger partial charge in [0.15, 0.2) is 0 Å². The molecule has 0 aromatic rings. The van der Waals surface area contributed by atoms with E-state index in [1.165, 1.54) is 0 Å². The number of likely N-dealkylation sites (tertiary alicyclic amines) is 1. The van der Waals surface area contributed by atoms with E-state index in [4.69, 9.17) is 10.5 Å². The summed E-state index contributed by atoms with van der Waals surface area (Å²) < 4.78 is 4.80. The minimum atomic E-state index is -0.395. The lowest BCUT2D eigenvalue weighted by atomic mass is 10.1. The third kappa shape index (κ3) is 4.48. The molecule has 6 heteroatoms. The van der Waals surface area contributed by atoms with Gasteiger partial charge in [-0.1, -0.05) is 0 Å². The smallest absolute Gasteiger partial charge is 0.407 e. The third-order valence-corrected chi connectivity index (χ3v) is 2.48. The van der Waals surface area contributed by atoms with Crippen molar-refractivity contribution in [3.63, 3.8) is 0 Å². The van der Waals surface area contributed by atoms with Gasteiger partial charge in [-0.2, -0.15) is 0 Å². The SMILES string of the molecule is CCOC(=O)NC1CCCN(CC(N)=O)C1. The molecule has 92 valence electrons. The molecule has 3 N–H and O–H groups in total. The molecule has 0 bridgehead atoms. The molecule has 1 aliphatic rings. The Kier molecular flexibility index (Phi) is 5.04. The minimum Gasteiger partial charge on any atom is -0.450 e. The molecule has 1 heterocycles. The summed E-state index contributed by atoms with van der Waals surface area (Å²) in [5.41, 5.74) is 5.13. The molecule has 1 atom stereocenters. The molecule has 16 heavy (non-hydrogen) atoms. The summed E-state index contributed by atoms with van der Waals surface area (Å²) in [5, 5.41) is 2.77. The number of nitrogens with one attached hydrogen (secondary N) is 1. The molecule has 0 aromatic carbocycles. The molecule has 0 saturated carbocycles. The Balaban J connectivity index is 2.32. The van der Waals surface area contributed by atoms with E-state index in [1.807, 2.05) is 4.90 Å². The number of amides is 2. The van der Waals surface area contributed by atoms with E-state index in [1.54, 1.807) is 6.92 Å². The van der Waals surface area contributed by atoms with Crippen molar-refractivity contribution in [3.05, 3.63) is 0 Å². The Bertz CT molecular complexity index is 258. The zero-order valence-electron chi connectivity index (χ0n) is 9.57. The van der Waals surface area contributed by atoms with Gasteiger partial charge in [-0.15, -0.1) is 0 Å². The minimum absolute atomic E-state index is 0.0483. The van der Waals surface area contributed by atoms with Crippen LogP contribution in [0.4, 0.5) is 4.79 Å². The Hall–Kier alpha value is -1.30. The Labute approximate surface area is 95.1 Å². The molecule has 1 aliphatic heterocycles. The maximum absolute atomic E-state index is 11.2. The molecule has 0 radical (unpaired) electrons. The van der Waals surface area contributed by atoms with Crippen molar-refractivity contribution < 1.29 is 14.3 Å². The summed E-state index contributed by atoms with van der Waals surface area (Å²) in [7, 11) is 0. The first-order valence-corrected chi connectivity index (χ1v) is 5.55. The van der Waals surface area contributed by atoms with Crippen molar-refractivity contribution in [3.8, 4) is 0 Å². The number of alkyl carbamates (subject to hydrolysis) is 1. The molecule has 0 spiro atoms. The molecule has 2 amide bonds. The Morgan fingerprint density at radius 2 is 2.31 bits per heavy atom. The van der Waals surface area contributed by atoms with E-state index < -0.39 is 6.09 Å². The van der Waals surface area contributed by atoms with E-state index in [9.17, 15) is 9.59 Å². The van der Waals surface area contributed by atoms with E-state index in [0.29, 0.717) is 13.2 Å². The van der Waals surface area contributed by atoms with Crippen LogP contribution in [0.2, 0.25) is 0 Å². The maximum atomic E-state index is 11.2.